The van der Waals surface area contributed by atoms with Crippen molar-refractivity contribution in [2.24, 2.45) is 0 Å². The first-order valence-electron chi connectivity index (χ1n) is 7.98. The predicted octanol–water partition coefficient (Wildman–Crippen LogP) is 2.98. The van der Waals surface area contributed by atoms with Crippen molar-refractivity contribution in [2.75, 3.05) is 19.6 Å². The molecule has 1 aromatic rings. The lowest BCUT2D eigenvalue weighted by atomic mass is 10.0. The molecule has 0 spiro atoms. The van der Waals surface area contributed by atoms with Crippen molar-refractivity contribution >= 4 is 17.5 Å². The van der Waals surface area contributed by atoms with Crippen LogP contribution in [0.15, 0.2) is 12.3 Å². The number of alkyl halides is 2. The van der Waals surface area contributed by atoms with Crippen LogP contribution < -0.4 is 10.1 Å². The van der Waals surface area contributed by atoms with Gasteiger partial charge in [0.1, 0.15) is 5.02 Å². The van der Waals surface area contributed by atoms with Gasteiger partial charge in [-0.2, -0.15) is 0 Å². The van der Waals surface area contributed by atoms with Gasteiger partial charge in [0, 0.05) is 25.3 Å². The second kappa shape index (κ2) is 8.58. The molecule has 5 nitrogen and oxygen atoms in total. The summed E-state index contributed by atoms with van der Waals surface area (Å²) in [6.07, 6.45) is 0.330. The number of carbonyl (C=O) groups excluding carboxylic acids is 1. The summed E-state index contributed by atoms with van der Waals surface area (Å²) in [4.78, 5) is 18.1. The van der Waals surface area contributed by atoms with Crippen molar-refractivity contribution in [1.29, 1.82) is 0 Å². The molecule has 1 aromatic heterocycles. The SMILES string of the molecule is CC(C)Oc1ncc(C(=O)NC2CCN(CC(F)F)CC2)cc1Cl. The molecular weight excluding hydrogens is 340 g/mol. The van der Waals surface area contributed by atoms with E-state index in [2.05, 4.69) is 10.3 Å². The first kappa shape index (κ1) is 18.9. The number of nitrogens with one attached hydrogen (secondary N) is 1. The Morgan fingerprint density at radius 1 is 1.46 bits per heavy atom. The molecule has 1 N–H and O–H groups in total. The molecule has 0 bridgehead atoms. The van der Waals surface area contributed by atoms with Gasteiger partial charge in [0.15, 0.2) is 0 Å². The highest BCUT2D eigenvalue weighted by atomic mass is 35.5. The fraction of sp³-hybridized carbons (Fsp3) is 0.625. The predicted molar refractivity (Wildman–Crippen MR) is 87.9 cm³/mol. The highest BCUT2D eigenvalue weighted by molar-refractivity contribution is 6.32. The molecule has 1 amide bonds. The van der Waals surface area contributed by atoms with E-state index in [9.17, 15) is 13.6 Å². The molecule has 1 saturated heterocycles. The highest BCUT2D eigenvalue weighted by Gasteiger charge is 2.23. The zero-order chi connectivity index (χ0) is 17.7. The monoisotopic (exact) mass is 361 g/mol. The number of halogens is 3. The van der Waals surface area contributed by atoms with E-state index < -0.39 is 6.43 Å². The summed E-state index contributed by atoms with van der Waals surface area (Å²) in [5, 5.41) is 3.18. The van der Waals surface area contributed by atoms with Crippen molar-refractivity contribution in [1.82, 2.24) is 15.2 Å². The molecule has 24 heavy (non-hydrogen) atoms. The van der Waals surface area contributed by atoms with Crippen LogP contribution >= 0.6 is 11.6 Å². The van der Waals surface area contributed by atoms with Gasteiger partial charge in [0.25, 0.3) is 12.3 Å². The van der Waals surface area contributed by atoms with Gasteiger partial charge in [0.2, 0.25) is 5.88 Å². The summed E-state index contributed by atoms with van der Waals surface area (Å²) < 4.78 is 30.1. The van der Waals surface area contributed by atoms with Crippen molar-refractivity contribution in [3.05, 3.63) is 22.8 Å². The van der Waals surface area contributed by atoms with Crippen molar-refractivity contribution in [3.63, 3.8) is 0 Å². The number of piperidine rings is 1. The van der Waals surface area contributed by atoms with Crippen LogP contribution in [-0.2, 0) is 0 Å². The molecule has 2 rings (SSSR count). The Hall–Kier alpha value is -1.47. The molecule has 0 saturated carbocycles. The first-order chi connectivity index (χ1) is 11.3. The smallest absolute Gasteiger partial charge is 0.253 e. The molecule has 8 heteroatoms. The Morgan fingerprint density at radius 3 is 2.67 bits per heavy atom. The lowest BCUT2D eigenvalue weighted by Gasteiger charge is -2.32. The van der Waals surface area contributed by atoms with E-state index in [1.807, 2.05) is 13.8 Å². The highest BCUT2D eigenvalue weighted by Crippen LogP contribution is 2.23. The van der Waals surface area contributed by atoms with Gasteiger partial charge in [0.05, 0.1) is 18.2 Å². The topological polar surface area (TPSA) is 54.5 Å². The summed E-state index contributed by atoms with van der Waals surface area (Å²) in [6, 6.07) is 1.49. The largest absolute Gasteiger partial charge is 0.474 e. The number of ether oxygens (including phenoxy) is 1. The van der Waals surface area contributed by atoms with E-state index in [1.165, 1.54) is 12.3 Å². The number of carbonyl (C=O) groups is 1. The Bertz CT molecular complexity index is 564. The van der Waals surface area contributed by atoms with Crippen LogP contribution in [-0.4, -0.2) is 54.0 Å². The number of likely N-dealkylation sites (tertiary alicyclic amines) is 1. The molecule has 0 aliphatic carbocycles. The number of amides is 1. The van der Waals surface area contributed by atoms with E-state index in [0.717, 1.165) is 0 Å². The molecule has 0 aromatic carbocycles. The number of rotatable bonds is 6. The van der Waals surface area contributed by atoms with Crippen LogP contribution in [0.3, 0.4) is 0 Å². The van der Waals surface area contributed by atoms with E-state index in [-0.39, 0.29) is 29.6 Å². The standard InChI is InChI=1S/C16H22ClF2N3O2/c1-10(2)24-16-13(17)7-11(8-20-16)15(23)21-12-3-5-22(6-4-12)9-14(18)19/h7-8,10,12,14H,3-6,9H2,1-2H3,(H,21,23). The molecule has 1 aliphatic heterocycles. The minimum Gasteiger partial charge on any atom is -0.474 e. The van der Waals surface area contributed by atoms with E-state index >= 15 is 0 Å². The number of hydrogen-bond donors (Lipinski definition) is 1. The van der Waals surface area contributed by atoms with Gasteiger partial charge in [-0.05, 0) is 32.8 Å². The van der Waals surface area contributed by atoms with E-state index in [0.29, 0.717) is 37.4 Å². The molecular formula is C16H22ClF2N3O2. The third kappa shape index (κ3) is 5.56. The molecule has 1 aliphatic rings. The minimum absolute atomic E-state index is 0.0308. The summed E-state index contributed by atoms with van der Waals surface area (Å²) in [6.45, 7) is 4.61. The lowest BCUT2D eigenvalue weighted by Crippen LogP contribution is -2.45. The van der Waals surface area contributed by atoms with Gasteiger partial charge >= 0.3 is 0 Å². The second-order valence-corrected chi connectivity index (χ2v) is 6.52. The van der Waals surface area contributed by atoms with Crippen molar-refractivity contribution < 1.29 is 18.3 Å². The Morgan fingerprint density at radius 2 is 2.12 bits per heavy atom. The molecule has 1 fully saturated rings. The van der Waals surface area contributed by atoms with Crippen LogP contribution in [0.4, 0.5) is 8.78 Å². The fourth-order valence-electron chi connectivity index (χ4n) is 2.58. The third-order valence-electron chi connectivity index (χ3n) is 3.74. The number of hydrogen-bond acceptors (Lipinski definition) is 4. The van der Waals surface area contributed by atoms with Crippen molar-refractivity contribution in [3.8, 4) is 5.88 Å². The fourth-order valence-corrected chi connectivity index (χ4v) is 2.79. The Labute approximate surface area is 145 Å². The van der Waals surface area contributed by atoms with Crippen LogP contribution in [0.1, 0.15) is 37.0 Å². The molecule has 2 heterocycles. The Balaban J connectivity index is 1.88. The molecule has 0 radical (unpaired) electrons. The maximum absolute atomic E-state index is 12.4. The van der Waals surface area contributed by atoms with Gasteiger partial charge in [-0.3, -0.25) is 9.69 Å². The first-order valence-corrected chi connectivity index (χ1v) is 8.36. The molecule has 0 atom stereocenters. The zero-order valence-corrected chi connectivity index (χ0v) is 14.5. The average Bonchev–Trinajstić information content (AvgIpc) is 2.50. The van der Waals surface area contributed by atoms with Gasteiger partial charge in [-0.15, -0.1) is 0 Å². The number of aromatic nitrogens is 1. The second-order valence-electron chi connectivity index (χ2n) is 6.12. The quantitative estimate of drug-likeness (QED) is 0.846. The summed E-state index contributed by atoms with van der Waals surface area (Å²) >= 11 is 6.08. The van der Waals surface area contributed by atoms with Gasteiger partial charge in [-0.25, -0.2) is 13.8 Å². The van der Waals surface area contributed by atoms with Crippen LogP contribution in [0, 0.1) is 0 Å². The summed E-state index contributed by atoms with van der Waals surface area (Å²) in [5.41, 5.74) is 0.353. The van der Waals surface area contributed by atoms with E-state index in [4.69, 9.17) is 16.3 Å². The van der Waals surface area contributed by atoms with Crippen LogP contribution in [0.5, 0.6) is 5.88 Å². The normalized spacial score (nSPS) is 16.6. The van der Waals surface area contributed by atoms with Gasteiger partial charge < -0.3 is 10.1 Å². The zero-order valence-electron chi connectivity index (χ0n) is 13.8. The number of pyridine rings is 1. The van der Waals surface area contributed by atoms with Gasteiger partial charge in [-0.1, -0.05) is 11.6 Å². The maximum atomic E-state index is 12.4. The van der Waals surface area contributed by atoms with Crippen LogP contribution in [0.2, 0.25) is 5.02 Å². The average molecular weight is 362 g/mol. The minimum atomic E-state index is -2.32. The van der Waals surface area contributed by atoms with E-state index in [1.54, 1.807) is 4.90 Å². The summed E-state index contributed by atoms with van der Waals surface area (Å²) in [5.74, 6) is 0.0244. The molecule has 0 unspecified atom stereocenters. The maximum Gasteiger partial charge on any atom is 0.253 e. The number of nitrogens with zero attached hydrogens (tertiary/aromatic N) is 2. The van der Waals surface area contributed by atoms with Crippen molar-refractivity contribution in [2.45, 2.75) is 45.3 Å². The third-order valence-corrected chi connectivity index (χ3v) is 4.01. The Kier molecular flexibility index (Phi) is 6.74. The molecule has 134 valence electrons. The van der Waals surface area contributed by atoms with Crippen LogP contribution in [0.25, 0.3) is 0 Å². The lowest BCUT2D eigenvalue weighted by molar-refractivity contribution is 0.0696. The summed E-state index contributed by atoms with van der Waals surface area (Å²) in [7, 11) is 0.